The number of rotatable bonds is 4. The van der Waals surface area contributed by atoms with Crippen molar-refractivity contribution in [3.63, 3.8) is 0 Å². The lowest BCUT2D eigenvalue weighted by Crippen LogP contribution is -2.63. The van der Waals surface area contributed by atoms with Crippen LogP contribution in [0.4, 0.5) is 0 Å². The lowest BCUT2D eigenvalue weighted by Gasteiger charge is -2.52. The molecule has 1 aliphatic heterocycles. The summed E-state index contributed by atoms with van der Waals surface area (Å²) in [5, 5.41) is 2.85. The van der Waals surface area contributed by atoms with Crippen molar-refractivity contribution >= 4 is 5.84 Å². The lowest BCUT2D eigenvalue weighted by atomic mass is 9.68. The molecule has 4 saturated carbocycles. The number of hydrogen-bond acceptors (Lipinski definition) is 3. The van der Waals surface area contributed by atoms with Gasteiger partial charge in [-0.2, -0.15) is 5.01 Å². The molecule has 0 aromatic heterocycles. The van der Waals surface area contributed by atoms with E-state index in [-0.39, 0.29) is 5.66 Å². The van der Waals surface area contributed by atoms with Gasteiger partial charge in [0.05, 0.1) is 0 Å². The molecular formula is C26H45N3. The Hall–Kier alpha value is -0.570. The number of nitrogens with zero attached hydrogens (tertiary/aromatic N) is 2. The second-order valence-electron chi connectivity index (χ2n) is 11.1. The van der Waals surface area contributed by atoms with Gasteiger partial charge in [0.25, 0.3) is 0 Å². The summed E-state index contributed by atoms with van der Waals surface area (Å²) < 4.78 is 0. The largest absolute Gasteiger partial charge is 0.304 e. The molecule has 0 atom stereocenters. The zero-order chi connectivity index (χ0) is 19.5. The molecule has 164 valence electrons. The highest BCUT2D eigenvalue weighted by atomic mass is 15.6. The molecule has 3 heteroatoms. The first-order valence-corrected chi connectivity index (χ1v) is 13.5. The molecule has 29 heavy (non-hydrogen) atoms. The van der Waals surface area contributed by atoms with Crippen LogP contribution >= 0.6 is 0 Å². The number of hydrogen-bond donors (Lipinski definition) is 1. The van der Waals surface area contributed by atoms with Gasteiger partial charge in [-0.1, -0.05) is 77.0 Å². The maximum atomic E-state index is 5.88. The van der Waals surface area contributed by atoms with Crippen LogP contribution < -0.4 is 5.43 Å². The fourth-order valence-corrected chi connectivity index (χ4v) is 7.73. The quantitative estimate of drug-likeness (QED) is 0.552. The second-order valence-corrected chi connectivity index (χ2v) is 11.1. The Morgan fingerprint density at radius 2 is 1.03 bits per heavy atom. The van der Waals surface area contributed by atoms with E-state index in [2.05, 4.69) is 10.4 Å². The SMILES string of the molecule is C1CCC(C2=NC(C3CCCCC3)(C3CCCCC3)N(C3CCCCC3)N2)CC1. The van der Waals surface area contributed by atoms with E-state index in [0.717, 1.165) is 17.9 Å². The van der Waals surface area contributed by atoms with Crippen molar-refractivity contribution in [1.29, 1.82) is 0 Å². The Kier molecular flexibility index (Phi) is 6.51. The van der Waals surface area contributed by atoms with E-state index in [1.807, 2.05) is 0 Å². The first-order chi connectivity index (χ1) is 14.4. The molecule has 1 heterocycles. The van der Waals surface area contributed by atoms with Crippen LogP contribution in [0.3, 0.4) is 0 Å². The Labute approximate surface area is 179 Å². The van der Waals surface area contributed by atoms with E-state index in [1.54, 1.807) is 0 Å². The van der Waals surface area contributed by atoms with Gasteiger partial charge in [-0.3, -0.25) is 0 Å². The molecule has 3 nitrogen and oxygen atoms in total. The van der Waals surface area contributed by atoms with Crippen molar-refractivity contribution in [3.8, 4) is 0 Å². The molecule has 5 aliphatic rings. The number of nitrogens with one attached hydrogen (secondary N) is 1. The van der Waals surface area contributed by atoms with Gasteiger partial charge in [0, 0.05) is 12.0 Å². The van der Waals surface area contributed by atoms with Crippen LogP contribution in [0.25, 0.3) is 0 Å². The predicted octanol–water partition coefficient (Wildman–Crippen LogP) is 6.98. The minimum atomic E-state index is 0.0929. The van der Waals surface area contributed by atoms with Gasteiger partial charge in [0.15, 0.2) is 0 Å². The van der Waals surface area contributed by atoms with Crippen LogP contribution in [-0.4, -0.2) is 22.5 Å². The lowest BCUT2D eigenvalue weighted by molar-refractivity contribution is -0.0755. The topological polar surface area (TPSA) is 27.6 Å². The van der Waals surface area contributed by atoms with Crippen LogP contribution in [-0.2, 0) is 0 Å². The van der Waals surface area contributed by atoms with Crippen LogP contribution in [0.2, 0.25) is 0 Å². The molecule has 4 fully saturated rings. The summed E-state index contributed by atoms with van der Waals surface area (Å²) >= 11 is 0. The van der Waals surface area contributed by atoms with Gasteiger partial charge in [0.2, 0.25) is 0 Å². The van der Waals surface area contributed by atoms with Gasteiger partial charge in [-0.25, -0.2) is 4.99 Å². The average Bonchev–Trinajstić information content (AvgIpc) is 3.23. The molecular weight excluding hydrogens is 354 g/mol. The molecule has 0 amide bonds. The molecule has 0 spiro atoms. The Morgan fingerprint density at radius 1 is 0.586 bits per heavy atom. The van der Waals surface area contributed by atoms with Gasteiger partial charge < -0.3 is 5.43 Å². The summed E-state index contributed by atoms with van der Waals surface area (Å²) in [5.41, 5.74) is 4.19. The molecule has 5 rings (SSSR count). The van der Waals surface area contributed by atoms with Crippen LogP contribution in [0.1, 0.15) is 128 Å². The smallest absolute Gasteiger partial charge is 0.137 e. The van der Waals surface area contributed by atoms with Gasteiger partial charge in [-0.15, -0.1) is 0 Å². The van der Waals surface area contributed by atoms with Crippen molar-refractivity contribution in [2.75, 3.05) is 0 Å². The maximum Gasteiger partial charge on any atom is 0.137 e. The van der Waals surface area contributed by atoms with Gasteiger partial charge >= 0.3 is 0 Å². The first kappa shape index (κ1) is 20.3. The minimum Gasteiger partial charge on any atom is -0.304 e. The van der Waals surface area contributed by atoms with E-state index in [4.69, 9.17) is 4.99 Å². The van der Waals surface area contributed by atoms with E-state index in [9.17, 15) is 0 Å². The van der Waals surface area contributed by atoms with Crippen molar-refractivity contribution in [2.45, 2.75) is 140 Å². The Balaban J connectivity index is 1.52. The highest BCUT2D eigenvalue weighted by Gasteiger charge is 2.55. The second kappa shape index (κ2) is 9.28. The van der Waals surface area contributed by atoms with Gasteiger partial charge in [0.1, 0.15) is 11.5 Å². The third kappa shape index (κ3) is 4.02. The highest BCUT2D eigenvalue weighted by molar-refractivity contribution is 5.86. The zero-order valence-corrected chi connectivity index (χ0v) is 18.8. The molecule has 0 saturated heterocycles. The van der Waals surface area contributed by atoms with Crippen LogP contribution in [0.5, 0.6) is 0 Å². The van der Waals surface area contributed by atoms with E-state index in [1.165, 1.54) is 134 Å². The minimum absolute atomic E-state index is 0.0929. The van der Waals surface area contributed by atoms with E-state index >= 15 is 0 Å². The summed E-state index contributed by atoms with van der Waals surface area (Å²) in [5.74, 6) is 3.71. The van der Waals surface area contributed by atoms with Gasteiger partial charge in [-0.05, 0) is 63.2 Å². The summed E-state index contributed by atoms with van der Waals surface area (Å²) in [7, 11) is 0. The monoisotopic (exact) mass is 399 g/mol. The van der Waals surface area contributed by atoms with E-state index < -0.39 is 0 Å². The predicted molar refractivity (Wildman–Crippen MR) is 122 cm³/mol. The van der Waals surface area contributed by atoms with Crippen molar-refractivity contribution in [2.24, 2.45) is 22.7 Å². The van der Waals surface area contributed by atoms with E-state index in [0.29, 0.717) is 5.92 Å². The fraction of sp³-hybridized carbons (Fsp3) is 0.962. The molecule has 0 unspecified atom stereocenters. The fourth-order valence-electron chi connectivity index (χ4n) is 7.73. The van der Waals surface area contributed by atoms with Crippen molar-refractivity contribution in [3.05, 3.63) is 0 Å². The molecule has 1 N–H and O–H groups in total. The molecule has 0 bridgehead atoms. The Bertz CT molecular complexity index is 528. The molecule has 0 aromatic carbocycles. The first-order valence-electron chi connectivity index (χ1n) is 13.5. The Morgan fingerprint density at radius 3 is 1.55 bits per heavy atom. The molecule has 4 aliphatic carbocycles. The number of aliphatic imine (C=N–C) groups is 1. The van der Waals surface area contributed by atoms with Crippen molar-refractivity contribution in [1.82, 2.24) is 10.4 Å². The average molecular weight is 400 g/mol. The van der Waals surface area contributed by atoms with Crippen LogP contribution in [0, 0.1) is 17.8 Å². The summed E-state index contributed by atoms with van der Waals surface area (Å²) in [4.78, 5) is 5.88. The standard InChI is InChI=1S/C26H45N3/c1-5-13-21(14-6-1)25-27-26(22-15-7-2-8-16-22,23-17-9-3-10-18-23)29(28-25)24-19-11-4-12-20-24/h21-24H,1-20H2,(H,27,28). The summed E-state index contributed by atoms with van der Waals surface area (Å²) in [6.45, 7) is 0. The zero-order valence-electron chi connectivity index (χ0n) is 18.8. The molecule has 0 aromatic rings. The van der Waals surface area contributed by atoms with Crippen LogP contribution in [0.15, 0.2) is 4.99 Å². The maximum absolute atomic E-state index is 5.88. The summed E-state index contributed by atoms with van der Waals surface area (Å²) in [6.07, 6.45) is 28.4. The third-order valence-electron chi connectivity index (χ3n) is 9.26. The highest BCUT2D eigenvalue weighted by Crippen LogP contribution is 2.51. The third-order valence-corrected chi connectivity index (χ3v) is 9.26. The normalized spacial score (nSPS) is 31.5. The number of hydrazine groups is 1. The summed E-state index contributed by atoms with van der Waals surface area (Å²) in [6, 6.07) is 0.720. The number of amidine groups is 1. The van der Waals surface area contributed by atoms with Crippen molar-refractivity contribution < 1.29 is 0 Å². The molecule has 0 radical (unpaired) electrons.